The normalized spacial score (nSPS) is 32.7. The minimum Gasteiger partial charge on any atom is -0.393 e. The van der Waals surface area contributed by atoms with Crippen molar-refractivity contribution in [2.45, 2.75) is 37.1 Å². The first kappa shape index (κ1) is 19.0. The molecule has 5 atom stereocenters. The number of benzene rings is 1. The van der Waals surface area contributed by atoms with E-state index >= 15 is 0 Å². The fourth-order valence-corrected chi connectivity index (χ4v) is 3.71. The zero-order chi connectivity index (χ0) is 19.9. The molecule has 0 amide bonds. The summed E-state index contributed by atoms with van der Waals surface area (Å²) < 4.78 is 18.8. The molecule has 1 aromatic heterocycles. The number of rotatable bonds is 3. The molecule has 2 aliphatic rings. The molecule has 0 bridgehead atoms. The van der Waals surface area contributed by atoms with E-state index in [0.717, 1.165) is 5.56 Å². The Bertz CT molecular complexity index is 957. The van der Waals surface area contributed by atoms with Crippen molar-refractivity contribution in [2.24, 2.45) is 0 Å². The van der Waals surface area contributed by atoms with Crippen LogP contribution in [-0.2, 0) is 14.2 Å². The van der Waals surface area contributed by atoms with Gasteiger partial charge in [-0.15, -0.1) is 0 Å². The number of aliphatic hydroxyl groups is 2. The van der Waals surface area contributed by atoms with Crippen LogP contribution in [0.25, 0.3) is 0 Å². The van der Waals surface area contributed by atoms with E-state index in [9.17, 15) is 19.8 Å². The third kappa shape index (κ3) is 3.11. The van der Waals surface area contributed by atoms with Crippen molar-refractivity contribution in [2.75, 3.05) is 19.8 Å². The van der Waals surface area contributed by atoms with E-state index in [0.29, 0.717) is 5.56 Å². The van der Waals surface area contributed by atoms with Gasteiger partial charge in [-0.1, -0.05) is 30.3 Å². The number of hydrogen-bond donors (Lipinski definition) is 3. The number of aromatic nitrogens is 2. The molecule has 3 N–H and O–H groups in total. The summed E-state index contributed by atoms with van der Waals surface area (Å²) in [6, 6.07) is 8.43. The maximum Gasteiger partial charge on any atom is 0.328 e. The molecule has 0 unspecified atom stereocenters. The summed E-state index contributed by atoms with van der Waals surface area (Å²) in [6.07, 6.45) is -1.46. The monoisotopic (exact) mass is 390 g/mol. The summed E-state index contributed by atoms with van der Waals surface area (Å²) in [5.41, 5.74) is -1.27. The molecule has 150 valence electrons. The lowest BCUT2D eigenvalue weighted by Gasteiger charge is -2.51. The Kier molecular flexibility index (Phi) is 4.94. The Morgan fingerprint density at radius 3 is 2.75 bits per heavy atom. The van der Waals surface area contributed by atoms with Crippen LogP contribution in [-0.4, -0.2) is 57.4 Å². The van der Waals surface area contributed by atoms with Gasteiger partial charge in [0.25, 0.3) is 5.56 Å². The van der Waals surface area contributed by atoms with Crippen molar-refractivity contribution >= 4 is 0 Å². The topological polar surface area (TPSA) is 123 Å². The zero-order valence-corrected chi connectivity index (χ0v) is 15.3. The predicted molar refractivity (Wildman–Crippen MR) is 96.9 cm³/mol. The molecule has 4 rings (SSSR count). The molecule has 2 aromatic rings. The van der Waals surface area contributed by atoms with Crippen molar-refractivity contribution < 1.29 is 24.4 Å². The molecule has 9 nitrogen and oxygen atoms in total. The molecule has 0 aliphatic carbocycles. The highest BCUT2D eigenvalue weighted by molar-refractivity contribution is 5.17. The molecule has 2 fully saturated rings. The molecule has 3 heterocycles. The van der Waals surface area contributed by atoms with Crippen LogP contribution in [0.2, 0.25) is 0 Å². The summed E-state index contributed by atoms with van der Waals surface area (Å²) >= 11 is 0. The molecule has 0 radical (unpaired) electrons. The van der Waals surface area contributed by atoms with Gasteiger partial charge in [-0.3, -0.25) is 14.3 Å². The molecule has 28 heavy (non-hydrogen) atoms. The van der Waals surface area contributed by atoms with Gasteiger partial charge in [0.05, 0.1) is 25.9 Å². The highest BCUT2D eigenvalue weighted by Crippen LogP contribution is 2.40. The highest BCUT2D eigenvalue weighted by Gasteiger charge is 2.55. The third-order valence-electron chi connectivity index (χ3n) is 5.36. The van der Waals surface area contributed by atoms with Crippen molar-refractivity contribution in [3.8, 4) is 0 Å². The zero-order valence-electron chi connectivity index (χ0n) is 15.3. The number of aromatic amines is 1. The second kappa shape index (κ2) is 7.26. The van der Waals surface area contributed by atoms with Crippen LogP contribution in [0.4, 0.5) is 0 Å². The minimum atomic E-state index is -1.23. The lowest BCUT2D eigenvalue weighted by molar-refractivity contribution is -0.350. The van der Waals surface area contributed by atoms with Crippen LogP contribution in [0.1, 0.15) is 23.5 Å². The first-order valence-corrected chi connectivity index (χ1v) is 9.02. The van der Waals surface area contributed by atoms with Crippen molar-refractivity contribution in [3.63, 3.8) is 0 Å². The molecular weight excluding hydrogens is 368 g/mol. The minimum absolute atomic E-state index is 0.0249. The van der Waals surface area contributed by atoms with E-state index in [1.807, 2.05) is 30.3 Å². The third-order valence-corrected chi connectivity index (χ3v) is 5.36. The van der Waals surface area contributed by atoms with E-state index in [4.69, 9.17) is 14.2 Å². The van der Waals surface area contributed by atoms with Gasteiger partial charge in [-0.2, -0.15) is 0 Å². The second-order valence-electron chi connectivity index (χ2n) is 7.18. The fraction of sp³-hybridized carbons (Fsp3) is 0.474. The second-order valence-corrected chi connectivity index (χ2v) is 7.18. The summed E-state index contributed by atoms with van der Waals surface area (Å²) in [6.45, 7) is 1.13. The van der Waals surface area contributed by atoms with Crippen molar-refractivity contribution in [1.29, 1.82) is 0 Å². The average molecular weight is 390 g/mol. The van der Waals surface area contributed by atoms with E-state index < -0.39 is 48.0 Å². The van der Waals surface area contributed by atoms with E-state index in [1.165, 1.54) is 10.8 Å². The van der Waals surface area contributed by atoms with E-state index in [1.54, 1.807) is 6.92 Å². The first-order valence-electron chi connectivity index (χ1n) is 9.02. The number of H-pyrrole nitrogens is 1. The van der Waals surface area contributed by atoms with Crippen LogP contribution < -0.4 is 11.2 Å². The van der Waals surface area contributed by atoms with Crippen LogP contribution in [0.5, 0.6) is 0 Å². The number of ether oxygens (including phenoxy) is 3. The van der Waals surface area contributed by atoms with Gasteiger partial charge in [0.15, 0.2) is 6.29 Å². The molecule has 2 aliphatic heterocycles. The Morgan fingerprint density at radius 2 is 2.04 bits per heavy atom. The number of nitrogens with one attached hydrogen (secondary N) is 1. The fourth-order valence-electron chi connectivity index (χ4n) is 3.71. The van der Waals surface area contributed by atoms with Gasteiger partial charge in [-0.25, -0.2) is 4.79 Å². The number of aryl methyl sites for hydroxylation is 1. The SMILES string of the molecule is Cc1cn([C@@H]2CO[C@]3(CO)CO[C@@H](c4ccccc4)O[C@H]3[C@H]2O)c(=O)[nH]c1=O. The van der Waals surface area contributed by atoms with E-state index in [-0.39, 0.29) is 13.2 Å². The standard InChI is InChI=1S/C19H22N2O7/c1-11-7-21(18(25)20-16(11)24)13-8-27-19(9-22)10-26-17(28-15(19)14(13)23)12-5-3-2-4-6-12/h2-7,13-15,17,22-23H,8-10H2,1H3,(H,20,24,25)/t13-,14+,15+,17-,19-/m1/s1. The maximum absolute atomic E-state index is 12.3. The van der Waals surface area contributed by atoms with Gasteiger partial charge >= 0.3 is 5.69 Å². The lowest BCUT2D eigenvalue weighted by atomic mass is 9.86. The Labute approximate surface area is 160 Å². The molecule has 0 spiro atoms. The molecule has 1 aromatic carbocycles. The van der Waals surface area contributed by atoms with Crippen LogP contribution >= 0.6 is 0 Å². The Balaban J connectivity index is 1.67. The summed E-state index contributed by atoms with van der Waals surface area (Å²) in [5, 5.41) is 21.0. The number of nitrogens with zero attached hydrogens (tertiary/aromatic N) is 1. The van der Waals surface area contributed by atoms with Crippen molar-refractivity contribution in [1.82, 2.24) is 9.55 Å². The molecule has 9 heteroatoms. The smallest absolute Gasteiger partial charge is 0.328 e. The average Bonchev–Trinajstić information content (AvgIpc) is 2.72. The summed E-state index contributed by atoms with van der Waals surface area (Å²) in [5.74, 6) is 0. The lowest BCUT2D eigenvalue weighted by Crippen LogP contribution is -2.67. The number of fused-ring (bicyclic) bond motifs is 1. The first-order chi connectivity index (χ1) is 13.4. The molecule has 2 saturated heterocycles. The molecule has 0 saturated carbocycles. The van der Waals surface area contributed by atoms with Gasteiger partial charge in [0.1, 0.15) is 17.8 Å². The van der Waals surface area contributed by atoms with Crippen molar-refractivity contribution in [3.05, 3.63) is 68.5 Å². The predicted octanol–water partition coefficient (Wildman–Crippen LogP) is -0.377. The maximum atomic E-state index is 12.3. The summed E-state index contributed by atoms with van der Waals surface area (Å²) in [4.78, 5) is 26.1. The summed E-state index contributed by atoms with van der Waals surface area (Å²) in [7, 11) is 0. The largest absolute Gasteiger partial charge is 0.393 e. The van der Waals surface area contributed by atoms with Gasteiger partial charge in [0, 0.05) is 17.3 Å². The van der Waals surface area contributed by atoms with Gasteiger partial charge in [-0.05, 0) is 6.92 Å². The van der Waals surface area contributed by atoms with Crippen LogP contribution in [0.15, 0.2) is 46.1 Å². The van der Waals surface area contributed by atoms with Gasteiger partial charge < -0.3 is 24.4 Å². The quantitative estimate of drug-likeness (QED) is 0.653. The Hall–Kier alpha value is -2.30. The Morgan fingerprint density at radius 1 is 1.29 bits per heavy atom. The number of hydrogen-bond acceptors (Lipinski definition) is 7. The van der Waals surface area contributed by atoms with Gasteiger partial charge in [0.2, 0.25) is 0 Å². The molecular formula is C19H22N2O7. The van der Waals surface area contributed by atoms with Crippen LogP contribution in [0, 0.1) is 6.92 Å². The number of aliphatic hydroxyl groups excluding tert-OH is 2. The highest BCUT2D eigenvalue weighted by atomic mass is 16.7. The van der Waals surface area contributed by atoms with Crippen LogP contribution in [0.3, 0.4) is 0 Å². The van der Waals surface area contributed by atoms with E-state index in [2.05, 4.69) is 4.98 Å².